The number of rotatable bonds is 4. The molecule has 118 valence electrons. The molecule has 0 radical (unpaired) electrons. The lowest BCUT2D eigenvalue weighted by Gasteiger charge is -2.15. The molecule has 23 heavy (non-hydrogen) atoms. The predicted octanol–water partition coefficient (Wildman–Crippen LogP) is 3.37. The van der Waals surface area contributed by atoms with Gasteiger partial charge in [-0.15, -0.1) is 0 Å². The molecule has 0 amide bonds. The monoisotopic (exact) mass is 331 g/mol. The summed E-state index contributed by atoms with van der Waals surface area (Å²) in [6, 6.07) is 5.40. The van der Waals surface area contributed by atoms with Crippen molar-refractivity contribution in [3.8, 4) is 28.6 Å². The van der Waals surface area contributed by atoms with E-state index in [2.05, 4.69) is 15.0 Å². The minimum Gasteiger partial charge on any atom is -0.493 e. The van der Waals surface area contributed by atoms with E-state index in [4.69, 9.17) is 25.8 Å². The Kier molecular flexibility index (Phi) is 4.16. The van der Waals surface area contributed by atoms with Crippen LogP contribution in [0.15, 0.2) is 30.6 Å². The van der Waals surface area contributed by atoms with Crippen molar-refractivity contribution in [1.29, 1.82) is 0 Å². The van der Waals surface area contributed by atoms with Crippen LogP contribution in [0.1, 0.15) is 0 Å². The van der Waals surface area contributed by atoms with Gasteiger partial charge < -0.3 is 14.2 Å². The summed E-state index contributed by atoms with van der Waals surface area (Å²) in [5, 5.41) is 0.918. The molecule has 2 aromatic heterocycles. The first kappa shape index (κ1) is 15.3. The van der Waals surface area contributed by atoms with Gasteiger partial charge in [-0.05, 0) is 18.2 Å². The first-order valence-corrected chi connectivity index (χ1v) is 7.14. The summed E-state index contributed by atoms with van der Waals surface area (Å²) in [6.45, 7) is 0. The maximum atomic E-state index is 6.34. The highest BCUT2D eigenvalue weighted by Crippen LogP contribution is 2.44. The number of hydrogen-bond donors (Lipinski definition) is 0. The molecule has 0 aliphatic rings. The second-order valence-corrected chi connectivity index (χ2v) is 4.98. The van der Waals surface area contributed by atoms with E-state index in [9.17, 15) is 0 Å². The van der Waals surface area contributed by atoms with Crippen LogP contribution in [0.2, 0.25) is 5.15 Å². The van der Waals surface area contributed by atoms with Gasteiger partial charge in [-0.25, -0.2) is 9.97 Å². The number of hydrogen-bond acceptors (Lipinski definition) is 6. The van der Waals surface area contributed by atoms with Crippen molar-refractivity contribution in [3.63, 3.8) is 0 Å². The molecule has 0 spiro atoms. The van der Waals surface area contributed by atoms with Crippen LogP contribution >= 0.6 is 11.6 Å². The topological polar surface area (TPSA) is 66.4 Å². The van der Waals surface area contributed by atoms with Crippen molar-refractivity contribution in [2.45, 2.75) is 0 Å². The molecule has 3 aromatic rings. The SMILES string of the molecule is COc1cc2c(Cl)nc(-c3cccnc3)nc2c(OC)c1OC. The third-order valence-electron chi connectivity index (χ3n) is 3.37. The number of benzene rings is 1. The zero-order chi connectivity index (χ0) is 16.4. The zero-order valence-corrected chi connectivity index (χ0v) is 13.6. The quantitative estimate of drug-likeness (QED) is 0.683. The molecule has 0 atom stereocenters. The second kappa shape index (κ2) is 6.26. The molecule has 0 unspecified atom stereocenters. The van der Waals surface area contributed by atoms with Crippen molar-refractivity contribution < 1.29 is 14.2 Å². The number of halogens is 1. The number of ether oxygens (including phenoxy) is 3. The lowest BCUT2D eigenvalue weighted by molar-refractivity contribution is 0.327. The van der Waals surface area contributed by atoms with Gasteiger partial charge in [0.2, 0.25) is 5.75 Å². The predicted molar refractivity (Wildman–Crippen MR) is 87.4 cm³/mol. The molecule has 0 aliphatic heterocycles. The van der Waals surface area contributed by atoms with Crippen LogP contribution in [0.3, 0.4) is 0 Å². The number of pyridine rings is 1. The van der Waals surface area contributed by atoms with Crippen molar-refractivity contribution in [2.24, 2.45) is 0 Å². The van der Waals surface area contributed by atoms with Gasteiger partial charge in [0.15, 0.2) is 17.3 Å². The number of fused-ring (bicyclic) bond motifs is 1. The summed E-state index contributed by atoms with van der Waals surface area (Å²) in [7, 11) is 4.62. The van der Waals surface area contributed by atoms with Crippen LogP contribution in [0, 0.1) is 0 Å². The number of aromatic nitrogens is 3. The molecular formula is C16H14ClN3O3. The number of nitrogens with zero attached hydrogens (tertiary/aromatic N) is 3. The highest BCUT2D eigenvalue weighted by atomic mass is 35.5. The summed E-state index contributed by atoms with van der Waals surface area (Å²) in [4.78, 5) is 13.0. The molecule has 0 N–H and O–H groups in total. The summed E-state index contributed by atoms with van der Waals surface area (Å²) >= 11 is 6.34. The van der Waals surface area contributed by atoms with Crippen molar-refractivity contribution in [3.05, 3.63) is 35.7 Å². The zero-order valence-electron chi connectivity index (χ0n) is 12.8. The lowest BCUT2D eigenvalue weighted by atomic mass is 10.2. The fourth-order valence-corrected chi connectivity index (χ4v) is 2.54. The van der Waals surface area contributed by atoms with E-state index < -0.39 is 0 Å². The van der Waals surface area contributed by atoms with Gasteiger partial charge in [0, 0.05) is 23.3 Å². The summed E-state index contributed by atoms with van der Waals surface area (Å²) in [5.74, 6) is 1.85. The highest BCUT2D eigenvalue weighted by Gasteiger charge is 2.20. The largest absolute Gasteiger partial charge is 0.493 e. The Bertz CT molecular complexity index is 856. The fraction of sp³-hybridized carbons (Fsp3) is 0.188. The van der Waals surface area contributed by atoms with E-state index in [0.29, 0.717) is 39.1 Å². The van der Waals surface area contributed by atoms with Crippen LogP contribution in [0.4, 0.5) is 0 Å². The summed E-state index contributed by atoms with van der Waals surface area (Å²) in [5.41, 5.74) is 1.30. The Morgan fingerprint density at radius 2 is 1.78 bits per heavy atom. The first-order valence-electron chi connectivity index (χ1n) is 6.76. The Morgan fingerprint density at radius 3 is 2.39 bits per heavy atom. The lowest BCUT2D eigenvalue weighted by Crippen LogP contribution is -1.99. The maximum absolute atomic E-state index is 6.34. The van der Waals surface area contributed by atoms with E-state index in [0.717, 1.165) is 5.56 Å². The number of methoxy groups -OCH3 is 3. The van der Waals surface area contributed by atoms with Crippen molar-refractivity contribution in [2.75, 3.05) is 21.3 Å². The molecule has 0 fully saturated rings. The van der Waals surface area contributed by atoms with E-state index in [1.807, 2.05) is 12.1 Å². The average Bonchev–Trinajstić information content (AvgIpc) is 2.60. The fourth-order valence-electron chi connectivity index (χ4n) is 2.32. The smallest absolute Gasteiger partial charge is 0.205 e. The van der Waals surface area contributed by atoms with Gasteiger partial charge >= 0.3 is 0 Å². The van der Waals surface area contributed by atoms with E-state index >= 15 is 0 Å². The molecule has 0 bridgehead atoms. The first-order chi connectivity index (χ1) is 11.2. The summed E-state index contributed by atoms with van der Waals surface area (Å²) < 4.78 is 16.2. The van der Waals surface area contributed by atoms with E-state index in [-0.39, 0.29) is 0 Å². The van der Waals surface area contributed by atoms with Gasteiger partial charge in [-0.1, -0.05) is 11.6 Å². The Labute approximate surface area is 138 Å². The molecule has 2 heterocycles. The van der Waals surface area contributed by atoms with E-state index in [1.54, 1.807) is 25.6 Å². The van der Waals surface area contributed by atoms with Gasteiger partial charge in [-0.2, -0.15) is 0 Å². The molecule has 0 aliphatic carbocycles. The normalized spacial score (nSPS) is 10.6. The minimum atomic E-state index is 0.299. The Balaban J connectivity index is 2.35. The molecule has 7 heteroatoms. The average molecular weight is 332 g/mol. The minimum absolute atomic E-state index is 0.299. The third kappa shape index (κ3) is 2.61. The van der Waals surface area contributed by atoms with Crippen LogP contribution < -0.4 is 14.2 Å². The van der Waals surface area contributed by atoms with Crippen LogP contribution in [0.5, 0.6) is 17.2 Å². The molecule has 0 saturated heterocycles. The molecule has 6 nitrogen and oxygen atoms in total. The molecule has 0 saturated carbocycles. The molecule has 1 aromatic carbocycles. The standard InChI is InChI=1S/C16H14ClN3O3/c1-21-11-7-10-12(14(23-3)13(11)22-2)19-16(20-15(10)17)9-5-4-6-18-8-9/h4-8H,1-3H3. The van der Waals surface area contributed by atoms with Gasteiger partial charge in [0.05, 0.1) is 21.3 Å². The van der Waals surface area contributed by atoms with E-state index in [1.165, 1.54) is 14.2 Å². The Morgan fingerprint density at radius 1 is 1.00 bits per heavy atom. The van der Waals surface area contributed by atoms with Crippen LogP contribution in [-0.4, -0.2) is 36.3 Å². The van der Waals surface area contributed by atoms with Gasteiger partial charge in [0.1, 0.15) is 10.7 Å². The molecular weight excluding hydrogens is 318 g/mol. The summed E-state index contributed by atoms with van der Waals surface area (Å²) in [6.07, 6.45) is 3.35. The second-order valence-electron chi connectivity index (χ2n) is 4.62. The molecule has 3 rings (SSSR count). The van der Waals surface area contributed by atoms with Crippen LogP contribution in [-0.2, 0) is 0 Å². The Hall–Kier alpha value is -2.60. The highest BCUT2D eigenvalue weighted by molar-refractivity contribution is 6.34. The maximum Gasteiger partial charge on any atom is 0.205 e. The van der Waals surface area contributed by atoms with Crippen molar-refractivity contribution >= 4 is 22.5 Å². The van der Waals surface area contributed by atoms with Gasteiger partial charge in [0.25, 0.3) is 0 Å². The third-order valence-corrected chi connectivity index (χ3v) is 3.66. The van der Waals surface area contributed by atoms with Crippen molar-refractivity contribution in [1.82, 2.24) is 15.0 Å². The van der Waals surface area contributed by atoms with Gasteiger partial charge in [-0.3, -0.25) is 4.98 Å². The van der Waals surface area contributed by atoms with Crippen LogP contribution in [0.25, 0.3) is 22.3 Å².